The number of anilines is 1. The van der Waals surface area contributed by atoms with Crippen molar-refractivity contribution in [3.8, 4) is 0 Å². The molecule has 3 heteroatoms. The van der Waals surface area contributed by atoms with Gasteiger partial charge in [0.25, 0.3) is 0 Å². The van der Waals surface area contributed by atoms with Crippen LogP contribution in [-0.2, 0) is 0 Å². The Morgan fingerprint density at radius 3 is 2.07 bits per heavy atom. The molecule has 2 nitrogen and oxygen atoms in total. The molecular formula is C12H16BrNO. The first-order valence-corrected chi connectivity index (χ1v) is 5.97. The first kappa shape index (κ1) is 12.2. The fourth-order valence-corrected chi connectivity index (χ4v) is 1.99. The third-order valence-corrected chi connectivity index (χ3v) is 2.94. The zero-order valence-electron chi connectivity index (χ0n) is 9.60. The molecule has 0 aliphatic rings. The lowest BCUT2D eigenvalue weighted by atomic mass is 9.98. The number of aryl methyl sites for hydroxylation is 2. The van der Waals surface area contributed by atoms with Crippen molar-refractivity contribution in [1.82, 2.24) is 0 Å². The van der Waals surface area contributed by atoms with E-state index in [0.29, 0.717) is 5.33 Å². The van der Waals surface area contributed by atoms with E-state index in [1.54, 1.807) is 0 Å². The molecule has 1 aromatic carbocycles. The number of hydrogen-bond acceptors (Lipinski definition) is 2. The Morgan fingerprint density at radius 2 is 1.73 bits per heavy atom. The van der Waals surface area contributed by atoms with Crippen LogP contribution in [0.15, 0.2) is 12.1 Å². The second-order valence-corrected chi connectivity index (χ2v) is 4.47. The molecule has 15 heavy (non-hydrogen) atoms. The zero-order valence-corrected chi connectivity index (χ0v) is 11.2. The minimum Gasteiger partial charge on any atom is -0.378 e. The summed E-state index contributed by atoms with van der Waals surface area (Å²) in [6.07, 6.45) is 0. The van der Waals surface area contributed by atoms with Crippen LogP contribution in [0.25, 0.3) is 0 Å². The number of Topliss-reactive ketones (excluding diaryl/α,β-unsaturated/α-hetero) is 1. The number of alkyl halides is 1. The summed E-state index contributed by atoms with van der Waals surface area (Å²) in [7, 11) is 4.00. The smallest absolute Gasteiger partial charge is 0.173 e. The molecule has 0 amide bonds. The predicted octanol–water partition coefficient (Wildman–Crippen LogP) is 2.95. The van der Waals surface area contributed by atoms with Gasteiger partial charge in [0, 0.05) is 25.3 Å². The van der Waals surface area contributed by atoms with E-state index in [-0.39, 0.29) is 5.78 Å². The van der Waals surface area contributed by atoms with Gasteiger partial charge in [0.1, 0.15) is 0 Å². The summed E-state index contributed by atoms with van der Waals surface area (Å²) < 4.78 is 0. The van der Waals surface area contributed by atoms with Crippen LogP contribution >= 0.6 is 15.9 Å². The van der Waals surface area contributed by atoms with Crippen LogP contribution in [0.2, 0.25) is 0 Å². The third kappa shape index (κ3) is 2.59. The Kier molecular flexibility index (Phi) is 3.91. The van der Waals surface area contributed by atoms with Crippen LogP contribution in [0.4, 0.5) is 5.69 Å². The Bertz CT molecular complexity index is 362. The minimum atomic E-state index is 0.148. The molecule has 0 aliphatic carbocycles. The fourth-order valence-electron chi connectivity index (χ4n) is 1.71. The van der Waals surface area contributed by atoms with E-state index in [0.717, 1.165) is 22.4 Å². The molecule has 0 N–H and O–H groups in total. The highest BCUT2D eigenvalue weighted by atomic mass is 79.9. The summed E-state index contributed by atoms with van der Waals surface area (Å²) >= 11 is 3.21. The van der Waals surface area contributed by atoms with Crippen LogP contribution < -0.4 is 4.90 Å². The first-order valence-electron chi connectivity index (χ1n) is 4.85. The maximum atomic E-state index is 11.7. The van der Waals surface area contributed by atoms with Crippen molar-refractivity contribution >= 4 is 27.4 Å². The lowest BCUT2D eigenvalue weighted by Gasteiger charge is -2.16. The van der Waals surface area contributed by atoms with Crippen LogP contribution in [0.3, 0.4) is 0 Å². The van der Waals surface area contributed by atoms with Crippen LogP contribution in [0.1, 0.15) is 21.5 Å². The SMILES string of the molecule is Cc1cc(N(C)C)cc(C)c1C(=O)CBr. The Balaban J connectivity index is 3.27. The molecule has 0 saturated carbocycles. The zero-order chi connectivity index (χ0) is 11.6. The fraction of sp³-hybridized carbons (Fsp3) is 0.417. The second-order valence-electron chi connectivity index (χ2n) is 3.91. The third-order valence-electron chi connectivity index (χ3n) is 2.43. The van der Waals surface area contributed by atoms with E-state index in [4.69, 9.17) is 0 Å². The molecule has 0 heterocycles. The number of rotatable bonds is 3. The van der Waals surface area contributed by atoms with Crippen molar-refractivity contribution in [2.45, 2.75) is 13.8 Å². The van der Waals surface area contributed by atoms with Gasteiger partial charge in [0.15, 0.2) is 5.78 Å². The summed E-state index contributed by atoms with van der Waals surface area (Å²) in [5.41, 5.74) is 4.07. The van der Waals surface area contributed by atoms with Crippen LogP contribution in [-0.4, -0.2) is 25.2 Å². The average Bonchev–Trinajstić information content (AvgIpc) is 2.16. The van der Waals surface area contributed by atoms with Crippen molar-refractivity contribution in [3.05, 3.63) is 28.8 Å². The summed E-state index contributed by atoms with van der Waals surface area (Å²) in [6, 6.07) is 4.09. The van der Waals surface area contributed by atoms with Crippen molar-refractivity contribution in [2.75, 3.05) is 24.3 Å². The molecule has 0 aromatic heterocycles. The molecule has 0 saturated heterocycles. The molecule has 0 fully saturated rings. The molecular weight excluding hydrogens is 254 g/mol. The lowest BCUT2D eigenvalue weighted by Crippen LogP contribution is -2.12. The summed E-state index contributed by atoms with van der Waals surface area (Å²) in [4.78, 5) is 13.7. The van der Waals surface area contributed by atoms with Gasteiger partial charge in [-0.2, -0.15) is 0 Å². The number of nitrogens with zero attached hydrogens (tertiary/aromatic N) is 1. The molecule has 82 valence electrons. The normalized spacial score (nSPS) is 10.2. The van der Waals surface area contributed by atoms with Crippen molar-refractivity contribution in [1.29, 1.82) is 0 Å². The van der Waals surface area contributed by atoms with Gasteiger partial charge in [-0.1, -0.05) is 15.9 Å². The van der Waals surface area contributed by atoms with E-state index >= 15 is 0 Å². The van der Waals surface area contributed by atoms with Gasteiger partial charge in [0.05, 0.1) is 5.33 Å². The maximum absolute atomic E-state index is 11.7. The van der Waals surface area contributed by atoms with Crippen molar-refractivity contribution in [3.63, 3.8) is 0 Å². The number of benzene rings is 1. The highest BCUT2D eigenvalue weighted by Crippen LogP contribution is 2.22. The van der Waals surface area contributed by atoms with Gasteiger partial charge in [0.2, 0.25) is 0 Å². The summed E-state index contributed by atoms with van der Waals surface area (Å²) in [5.74, 6) is 0.148. The molecule has 0 bridgehead atoms. The molecule has 1 rings (SSSR count). The molecule has 0 radical (unpaired) electrons. The number of ketones is 1. The lowest BCUT2D eigenvalue weighted by molar-refractivity contribution is 0.102. The van der Waals surface area contributed by atoms with Gasteiger partial charge in [-0.25, -0.2) is 0 Å². The van der Waals surface area contributed by atoms with E-state index in [2.05, 4.69) is 15.9 Å². The molecule has 0 aliphatic heterocycles. The number of carbonyl (C=O) groups is 1. The minimum absolute atomic E-state index is 0.148. The van der Waals surface area contributed by atoms with Crippen molar-refractivity contribution in [2.24, 2.45) is 0 Å². The molecule has 1 aromatic rings. The number of carbonyl (C=O) groups excluding carboxylic acids is 1. The van der Waals surface area contributed by atoms with E-state index in [1.165, 1.54) is 0 Å². The van der Waals surface area contributed by atoms with Gasteiger partial charge >= 0.3 is 0 Å². The van der Waals surface area contributed by atoms with Gasteiger partial charge in [-0.05, 0) is 37.1 Å². The van der Waals surface area contributed by atoms with Gasteiger partial charge in [-0.3, -0.25) is 4.79 Å². The Labute approximate surface area is 99.4 Å². The highest BCUT2D eigenvalue weighted by molar-refractivity contribution is 9.09. The average molecular weight is 270 g/mol. The van der Waals surface area contributed by atoms with E-state index in [9.17, 15) is 4.79 Å². The van der Waals surface area contributed by atoms with Crippen molar-refractivity contribution < 1.29 is 4.79 Å². The largest absolute Gasteiger partial charge is 0.378 e. The Morgan fingerprint density at radius 1 is 1.27 bits per heavy atom. The summed E-state index contributed by atoms with van der Waals surface area (Å²) in [6.45, 7) is 3.96. The second kappa shape index (κ2) is 4.79. The number of halogens is 1. The first-order chi connectivity index (χ1) is 6.97. The number of hydrogen-bond donors (Lipinski definition) is 0. The monoisotopic (exact) mass is 269 g/mol. The predicted molar refractivity (Wildman–Crippen MR) is 68.4 cm³/mol. The molecule has 0 atom stereocenters. The maximum Gasteiger partial charge on any atom is 0.173 e. The van der Waals surface area contributed by atoms with Crippen LogP contribution in [0, 0.1) is 13.8 Å². The quantitative estimate of drug-likeness (QED) is 0.621. The standard InChI is InChI=1S/C12H16BrNO/c1-8-5-10(14(3)4)6-9(2)12(8)11(15)7-13/h5-6H,7H2,1-4H3. The Hall–Kier alpha value is -0.830. The van der Waals surface area contributed by atoms with Gasteiger partial charge < -0.3 is 4.90 Å². The topological polar surface area (TPSA) is 20.3 Å². The van der Waals surface area contributed by atoms with E-state index < -0.39 is 0 Å². The van der Waals surface area contributed by atoms with E-state index in [1.807, 2.05) is 45.0 Å². The molecule has 0 unspecified atom stereocenters. The molecule has 0 spiro atoms. The highest BCUT2D eigenvalue weighted by Gasteiger charge is 2.12. The van der Waals surface area contributed by atoms with Gasteiger partial charge in [-0.15, -0.1) is 0 Å². The summed E-state index contributed by atoms with van der Waals surface area (Å²) in [5, 5.41) is 0.385. The van der Waals surface area contributed by atoms with Crippen LogP contribution in [0.5, 0.6) is 0 Å².